The first kappa shape index (κ1) is 15.7. The van der Waals surface area contributed by atoms with E-state index in [2.05, 4.69) is 9.72 Å². The number of carbonyl (C=O) groups is 2. The lowest BCUT2D eigenvalue weighted by molar-refractivity contribution is -0.145. The molecule has 0 spiro atoms. The van der Waals surface area contributed by atoms with Crippen molar-refractivity contribution in [3.05, 3.63) is 28.5 Å². The number of carbonyl (C=O) groups excluding carboxylic acids is 2. The molecule has 1 aromatic heterocycles. The van der Waals surface area contributed by atoms with Crippen LogP contribution >= 0.6 is 11.6 Å². The number of amides is 1. The van der Waals surface area contributed by atoms with Crippen LogP contribution in [0.2, 0.25) is 5.15 Å². The SMILES string of the molecule is CCc1cc(C(=O)N2CC(O)CC2C(=O)OC)cc(Cl)n1. The van der Waals surface area contributed by atoms with Crippen molar-refractivity contribution in [2.45, 2.75) is 31.9 Å². The van der Waals surface area contributed by atoms with Gasteiger partial charge in [0.15, 0.2) is 0 Å². The molecule has 1 saturated heterocycles. The van der Waals surface area contributed by atoms with Crippen LogP contribution in [0, 0.1) is 0 Å². The quantitative estimate of drug-likeness (QED) is 0.666. The maximum absolute atomic E-state index is 12.6. The first-order chi connectivity index (χ1) is 9.96. The molecule has 0 bridgehead atoms. The van der Waals surface area contributed by atoms with Crippen LogP contribution in [-0.4, -0.2) is 52.7 Å². The van der Waals surface area contributed by atoms with Crippen LogP contribution in [0.1, 0.15) is 29.4 Å². The normalized spacial score (nSPS) is 21.4. The van der Waals surface area contributed by atoms with Crippen molar-refractivity contribution in [3.63, 3.8) is 0 Å². The summed E-state index contributed by atoms with van der Waals surface area (Å²) in [4.78, 5) is 29.7. The van der Waals surface area contributed by atoms with Crippen molar-refractivity contribution in [1.82, 2.24) is 9.88 Å². The first-order valence-corrected chi connectivity index (χ1v) is 7.07. The predicted octanol–water partition coefficient (Wildman–Crippen LogP) is 1.05. The molecule has 2 rings (SSSR count). The van der Waals surface area contributed by atoms with E-state index >= 15 is 0 Å². The van der Waals surface area contributed by atoms with Crippen molar-refractivity contribution in [1.29, 1.82) is 0 Å². The number of hydrogen-bond donors (Lipinski definition) is 1. The van der Waals surface area contributed by atoms with Gasteiger partial charge >= 0.3 is 5.97 Å². The van der Waals surface area contributed by atoms with Crippen LogP contribution in [0.3, 0.4) is 0 Å². The first-order valence-electron chi connectivity index (χ1n) is 6.69. The largest absolute Gasteiger partial charge is 0.467 e. The molecule has 21 heavy (non-hydrogen) atoms. The molecule has 1 aliphatic rings. The van der Waals surface area contributed by atoms with Gasteiger partial charge in [0.2, 0.25) is 0 Å². The number of ether oxygens (including phenoxy) is 1. The molecule has 1 fully saturated rings. The van der Waals surface area contributed by atoms with E-state index in [1.165, 1.54) is 18.1 Å². The van der Waals surface area contributed by atoms with E-state index in [1.807, 2.05) is 6.92 Å². The number of aliphatic hydroxyl groups excluding tert-OH is 1. The summed E-state index contributed by atoms with van der Waals surface area (Å²) in [6.07, 6.45) is 0.0860. The topological polar surface area (TPSA) is 79.7 Å². The Labute approximate surface area is 127 Å². The number of halogens is 1. The summed E-state index contributed by atoms with van der Waals surface area (Å²) in [5, 5.41) is 9.95. The molecule has 1 amide bonds. The van der Waals surface area contributed by atoms with Gasteiger partial charge in [-0.15, -0.1) is 0 Å². The number of nitrogens with zero attached hydrogens (tertiary/aromatic N) is 2. The highest BCUT2D eigenvalue weighted by Gasteiger charge is 2.40. The van der Waals surface area contributed by atoms with Gasteiger partial charge in [-0.2, -0.15) is 0 Å². The number of β-amino-alcohol motifs (C(OH)–C–C–N with tert-alkyl or cyclic N) is 1. The number of aliphatic hydroxyl groups is 1. The number of aryl methyl sites for hydroxylation is 1. The van der Waals surface area contributed by atoms with Crippen molar-refractivity contribution in [3.8, 4) is 0 Å². The minimum atomic E-state index is -0.769. The average Bonchev–Trinajstić information content (AvgIpc) is 2.86. The van der Waals surface area contributed by atoms with Crippen LogP contribution in [0.15, 0.2) is 12.1 Å². The van der Waals surface area contributed by atoms with Gasteiger partial charge in [0.05, 0.1) is 13.2 Å². The smallest absolute Gasteiger partial charge is 0.328 e. The molecule has 1 N–H and O–H groups in total. The fourth-order valence-corrected chi connectivity index (χ4v) is 2.65. The summed E-state index contributed by atoms with van der Waals surface area (Å²) in [5.74, 6) is -0.892. The highest BCUT2D eigenvalue weighted by molar-refractivity contribution is 6.29. The van der Waals surface area contributed by atoms with Gasteiger partial charge in [0.25, 0.3) is 5.91 Å². The Morgan fingerprint density at radius 1 is 1.52 bits per heavy atom. The van der Waals surface area contributed by atoms with E-state index in [0.717, 1.165) is 0 Å². The average molecular weight is 313 g/mol. The van der Waals surface area contributed by atoms with Crippen LogP contribution in [0.5, 0.6) is 0 Å². The Morgan fingerprint density at radius 2 is 2.24 bits per heavy atom. The lowest BCUT2D eigenvalue weighted by Crippen LogP contribution is -2.41. The van der Waals surface area contributed by atoms with Crippen LogP contribution < -0.4 is 0 Å². The second-order valence-electron chi connectivity index (χ2n) is 4.91. The third-order valence-electron chi connectivity index (χ3n) is 3.47. The Bertz CT molecular complexity index is 564. The third kappa shape index (κ3) is 3.33. The molecule has 2 unspecified atom stereocenters. The van der Waals surface area contributed by atoms with Gasteiger partial charge in [-0.3, -0.25) is 4.79 Å². The van der Waals surface area contributed by atoms with Crippen molar-refractivity contribution < 1.29 is 19.4 Å². The van der Waals surface area contributed by atoms with Gasteiger partial charge in [-0.25, -0.2) is 9.78 Å². The van der Waals surface area contributed by atoms with E-state index in [1.54, 1.807) is 6.07 Å². The van der Waals surface area contributed by atoms with E-state index in [9.17, 15) is 14.7 Å². The second kappa shape index (κ2) is 6.41. The Morgan fingerprint density at radius 3 is 2.86 bits per heavy atom. The highest BCUT2D eigenvalue weighted by atomic mass is 35.5. The number of methoxy groups -OCH3 is 1. The van der Waals surface area contributed by atoms with Gasteiger partial charge in [-0.1, -0.05) is 18.5 Å². The Hall–Kier alpha value is -1.66. The molecule has 0 aliphatic carbocycles. The zero-order valence-electron chi connectivity index (χ0n) is 11.9. The van der Waals surface area contributed by atoms with Gasteiger partial charge in [-0.05, 0) is 18.6 Å². The van der Waals surface area contributed by atoms with E-state index in [0.29, 0.717) is 17.7 Å². The van der Waals surface area contributed by atoms with Crippen molar-refractivity contribution in [2.24, 2.45) is 0 Å². The summed E-state index contributed by atoms with van der Waals surface area (Å²) in [7, 11) is 1.26. The summed E-state index contributed by atoms with van der Waals surface area (Å²) >= 11 is 5.91. The lowest BCUT2D eigenvalue weighted by atomic mass is 10.1. The predicted molar refractivity (Wildman–Crippen MR) is 76.1 cm³/mol. The van der Waals surface area contributed by atoms with Gasteiger partial charge < -0.3 is 14.7 Å². The molecule has 2 atom stereocenters. The van der Waals surface area contributed by atoms with E-state index < -0.39 is 18.1 Å². The standard InChI is InChI=1S/C14H17ClN2O4/c1-3-9-4-8(5-12(15)16-9)13(19)17-7-10(18)6-11(17)14(20)21-2/h4-5,10-11,18H,3,6-7H2,1-2H3. The molecular formula is C14H17ClN2O4. The minimum absolute atomic E-state index is 0.0972. The summed E-state index contributed by atoms with van der Waals surface area (Å²) in [6, 6.07) is 2.34. The van der Waals surface area contributed by atoms with Crippen molar-refractivity contribution >= 4 is 23.5 Å². The highest BCUT2D eigenvalue weighted by Crippen LogP contribution is 2.23. The van der Waals surface area contributed by atoms with Crippen molar-refractivity contribution in [2.75, 3.05) is 13.7 Å². The molecule has 1 aliphatic heterocycles. The fourth-order valence-electron chi connectivity index (χ4n) is 2.42. The molecule has 6 nitrogen and oxygen atoms in total. The molecular weight excluding hydrogens is 296 g/mol. The maximum Gasteiger partial charge on any atom is 0.328 e. The zero-order chi connectivity index (χ0) is 15.6. The zero-order valence-corrected chi connectivity index (χ0v) is 12.6. The van der Waals surface area contributed by atoms with Crippen LogP contribution in [-0.2, 0) is 16.0 Å². The molecule has 2 heterocycles. The molecule has 0 radical (unpaired) electrons. The number of likely N-dealkylation sites (tertiary alicyclic amines) is 1. The molecule has 114 valence electrons. The molecule has 0 aromatic carbocycles. The Balaban J connectivity index is 2.29. The number of rotatable bonds is 3. The monoisotopic (exact) mass is 312 g/mol. The maximum atomic E-state index is 12.6. The minimum Gasteiger partial charge on any atom is -0.467 e. The fraction of sp³-hybridized carbons (Fsp3) is 0.500. The number of aromatic nitrogens is 1. The van der Waals surface area contributed by atoms with E-state index in [4.69, 9.17) is 11.6 Å². The summed E-state index contributed by atoms with van der Waals surface area (Å²) in [6.45, 7) is 2.00. The number of pyridine rings is 1. The summed E-state index contributed by atoms with van der Waals surface area (Å²) in [5.41, 5.74) is 1.05. The number of esters is 1. The molecule has 1 aromatic rings. The number of hydrogen-bond acceptors (Lipinski definition) is 5. The third-order valence-corrected chi connectivity index (χ3v) is 3.66. The Kier molecular flexibility index (Phi) is 4.80. The van der Waals surface area contributed by atoms with Gasteiger partial charge in [0, 0.05) is 24.2 Å². The van der Waals surface area contributed by atoms with Crippen LogP contribution in [0.25, 0.3) is 0 Å². The second-order valence-corrected chi connectivity index (χ2v) is 5.30. The lowest BCUT2D eigenvalue weighted by Gasteiger charge is -2.22. The molecule has 7 heteroatoms. The molecule has 0 saturated carbocycles. The van der Waals surface area contributed by atoms with Crippen LogP contribution in [0.4, 0.5) is 0 Å². The van der Waals surface area contributed by atoms with Gasteiger partial charge in [0.1, 0.15) is 11.2 Å². The summed E-state index contributed by atoms with van der Waals surface area (Å²) < 4.78 is 4.69. The van der Waals surface area contributed by atoms with E-state index in [-0.39, 0.29) is 24.0 Å².